The van der Waals surface area contributed by atoms with Crippen molar-refractivity contribution in [1.29, 1.82) is 0 Å². The van der Waals surface area contributed by atoms with Crippen molar-refractivity contribution in [2.75, 3.05) is 33.5 Å². The Morgan fingerprint density at radius 2 is 2.20 bits per heavy atom. The first-order valence-electron chi connectivity index (χ1n) is 6.39. The van der Waals surface area contributed by atoms with Gasteiger partial charge in [0.1, 0.15) is 5.75 Å². The molecule has 0 aliphatic carbocycles. The Morgan fingerprint density at radius 3 is 2.85 bits per heavy atom. The molecule has 0 atom stereocenters. The van der Waals surface area contributed by atoms with Gasteiger partial charge < -0.3 is 19.9 Å². The van der Waals surface area contributed by atoms with Gasteiger partial charge in [0.05, 0.1) is 18.1 Å². The molecule has 0 amide bonds. The molecule has 0 aliphatic rings. The van der Waals surface area contributed by atoms with Gasteiger partial charge in [-0.2, -0.15) is 0 Å². The second-order valence-corrected chi connectivity index (χ2v) is 4.14. The Bertz CT molecular complexity index is 425. The first-order valence-corrected chi connectivity index (χ1v) is 6.39. The van der Waals surface area contributed by atoms with Gasteiger partial charge in [0, 0.05) is 50.9 Å². The summed E-state index contributed by atoms with van der Waals surface area (Å²) in [6.07, 6.45) is 0.521. The van der Waals surface area contributed by atoms with E-state index in [2.05, 4.69) is 5.32 Å². The predicted octanol–water partition coefficient (Wildman–Crippen LogP) is 1.09. The van der Waals surface area contributed by atoms with Crippen LogP contribution in [0.1, 0.15) is 12.0 Å². The molecule has 0 bridgehead atoms. The lowest BCUT2D eigenvalue weighted by molar-refractivity contribution is -0.384. The molecule has 2 N–H and O–H groups in total. The number of nitro groups is 1. The minimum absolute atomic E-state index is 0.0306. The van der Waals surface area contributed by atoms with Crippen LogP contribution in [0.2, 0.25) is 0 Å². The van der Waals surface area contributed by atoms with Crippen molar-refractivity contribution in [3.05, 3.63) is 33.9 Å². The summed E-state index contributed by atoms with van der Waals surface area (Å²) in [5.74, 6) is 0.592. The molecule has 0 heterocycles. The summed E-state index contributed by atoms with van der Waals surface area (Å²) in [7, 11) is 1.61. The van der Waals surface area contributed by atoms with Gasteiger partial charge in [0.2, 0.25) is 0 Å². The lowest BCUT2D eigenvalue weighted by Gasteiger charge is -2.12. The van der Waals surface area contributed by atoms with Gasteiger partial charge in [-0.3, -0.25) is 10.1 Å². The number of aliphatic hydroxyl groups is 1. The first kappa shape index (κ1) is 16.4. The molecule has 0 radical (unpaired) electrons. The van der Waals surface area contributed by atoms with E-state index in [0.29, 0.717) is 44.0 Å². The number of ether oxygens (including phenoxy) is 2. The molecule has 0 spiro atoms. The standard InChI is InChI=1S/C13H20N2O5/c1-19-8-5-14-10-11-9-12(15(17)18)3-4-13(11)20-7-2-6-16/h3-4,9,14,16H,2,5-8,10H2,1H3. The molecule has 1 aromatic carbocycles. The molecule has 7 heteroatoms. The third kappa shape index (κ3) is 5.52. The van der Waals surface area contributed by atoms with Crippen LogP contribution < -0.4 is 10.1 Å². The summed E-state index contributed by atoms with van der Waals surface area (Å²) in [6.45, 7) is 2.10. The topological polar surface area (TPSA) is 93.9 Å². The molecule has 112 valence electrons. The minimum atomic E-state index is -0.434. The van der Waals surface area contributed by atoms with Gasteiger partial charge in [0.15, 0.2) is 0 Å². The summed E-state index contributed by atoms with van der Waals surface area (Å²) < 4.78 is 10.4. The molecule has 0 fully saturated rings. The second-order valence-electron chi connectivity index (χ2n) is 4.14. The molecular formula is C13H20N2O5. The lowest BCUT2D eigenvalue weighted by Crippen LogP contribution is -2.19. The van der Waals surface area contributed by atoms with Crippen molar-refractivity contribution in [3.63, 3.8) is 0 Å². The van der Waals surface area contributed by atoms with Crippen LogP contribution >= 0.6 is 0 Å². The van der Waals surface area contributed by atoms with Crippen molar-refractivity contribution in [3.8, 4) is 5.75 Å². The molecule has 0 unspecified atom stereocenters. The Kier molecular flexibility index (Phi) is 7.56. The van der Waals surface area contributed by atoms with E-state index in [4.69, 9.17) is 14.6 Å². The number of hydrogen-bond donors (Lipinski definition) is 2. The van der Waals surface area contributed by atoms with Crippen LogP contribution in [0, 0.1) is 10.1 Å². The lowest BCUT2D eigenvalue weighted by atomic mass is 10.1. The molecule has 20 heavy (non-hydrogen) atoms. The van der Waals surface area contributed by atoms with Gasteiger partial charge in [-0.25, -0.2) is 0 Å². The number of nitrogens with zero attached hydrogens (tertiary/aromatic N) is 1. The van der Waals surface area contributed by atoms with E-state index < -0.39 is 4.92 Å². The Hall–Kier alpha value is -1.70. The average Bonchev–Trinajstić information content (AvgIpc) is 2.44. The minimum Gasteiger partial charge on any atom is -0.493 e. The predicted molar refractivity (Wildman–Crippen MR) is 73.9 cm³/mol. The fourth-order valence-corrected chi connectivity index (χ4v) is 1.60. The average molecular weight is 284 g/mol. The summed E-state index contributed by atoms with van der Waals surface area (Å²) in [5.41, 5.74) is 0.747. The number of nitrogens with one attached hydrogen (secondary N) is 1. The van der Waals surface area contributed by atoms with Crippen LogP contribution in [0.4, 0.5) is 5.69 Å². The number of hydrogen-bond acceptors (Lipinski definition) is 6. The van der Waals surface area contributed by atoms with Crippen LogP contribution in [0.15, 0.2) is 18.2 Å². The maximum atomic E-state index is 10.8. The smallest absolute Gasteiger partial charge is 0.270 e. The van der Waals surface area contributed by atoms with Crippen molar-refractivity contribution < 1.29 is 19.5 Å². The molecule has 1 aromatic rings. The zero-order chi connectivity index (χ0) is 14.8. The van der Waals surface area contributed by atoms with Gasteiger partial charge in [0.25, 0.3) is 5.69 Å². The summed E-state index contributed by atoms with van der Waals surface area (Å²) in [6, 6.07) is 4.49. The summed E-state index contributed by atoms with van der Waals surface area (Å²) >= 11 is 0. The second kappa shape index (κ2) is 9.24. The SMILES string of the molecule is COCCNCc1cc([N+](=O)[O-])ccc1OCCCO. The van der Waals surface area contributed by atoms with Gasteiger partial charge >= 0.3 is 0 Å². The number of rotatable bonds is 10. The fourth-order valence-electron chi connectivity index (χ4n) is 1.60. The van der Waals surface area contributed by atoms with Gasteiger partial charge in [-0.05, 0) is 6.07 Å². The van der Waals surface area contributed by atoms with Crippen molar-refractivity contribution in [2.24, 2.45) is 0 Å². The van der Waals surface area contributed by atoms with E-state index in [1.54, 1.807) is 13.2 Å². The number of benzene rings is 1. The fraction of sp³-hybridized carbons (Fsp3) is 0.538. The highest BCUT2D eigenvalue weighted by Crippen LogP contribution is 2.24. The van der Waals surface area contributed by atoms with E-state index in [1.165, 1.54) is 12.1 Å². The Balaban J connectivity index is 2.72. The van der Waals surface area contributed by atoms with E-state index >= 15 is 0 Å². The molecule has 7 nitrogen and oxygen atoms in total. The maximum absolute atomic E-state index is 10.8. The number of aliphatic hydroxyl groups excluding tert-OH is 1. The Labute approximate surface area is 117 Å². The highest BCUT2D eigenvalue weighted by atomic mass is 16.6. The third-order valence-corrected chi connectivity index (χ3v) is 2.61. The van der Waals surface area contributed by atoms with Crippen LogP contribution in [0.25, 0.3) is 0 Å². The van der Waals surface area contributed by atoms with E-state index in [0.717, 1.165) is 0 Å². The van der Waals surface area contributed by atoms with Gasteiger partial charge in [-0.15, -0.1) is 0 Å². The van der Waals surface area contributed by atoms with Crippen LogP contribution in [0.3, 0.4) is 0 Å². The largest absolute Gasteiger partial charge is 0.493 e. The number of nitro benzene ring substituents is 1. The zero-order valence-electron chi connectivity index (χ0n) is 11.5. The van der Waals surface area contributed by atoms with Crippen LogP contribution in [-0.2, 0) is 11.3 Å². The van der Waals surface area contributed by atoms with E-state index in [-0.39, 0.29) is 12.3 Å². The maximum Gasteiger partial charge on any atom is 0.270 e. The van der Waals surface area contributed by atoms with E-state index in [1.807, 2.05) is 0 Å². The molecule has 0 saturated heterocycles. The zero-order valence-corrected chi connectivity index (χ0v) is 11.5. The molecule has 0 aromatic heterocycles. The molecular weight excluding hydrogens is 264 g/mol. The van der Waals surface area contributed by atoms with Crippen molar-refractivity contribution in [1.82, 2.24) is 5.32 Å². The van der Waals surface area contributed by atoms with Crippen LogP contribution in [0.5, 0.6) is 5.75 Å². The van der Waals surface area contributed by atoms with Crippen molar-refractivity contribution >= 4 is 5.69 Å². The third-order valence-electron chi connectivity index (χ3n) is 2.61. The highest BCUT2D eigenvalue weighted by molar-refractivity contribution is 5.43. The summed E-state index contributed by atoms with van der Waals surface area (Å²) in [5, 5.41) is 22.7. The van der Waals surface area contributed by atoms with Crippen LogP contribution in [-0.4, -0.2) is 43.5 Å². The quantitative estimate of drug-likeness (QED) is 0.379. The first-order chi connectivity index (χ1) is 9.69. The van der Waals surface area contributed by atoms with Gasteiger partial charge in [-0.1, -0.05) is 0 Å². The number of methoxy groups -OCH3 is 1. The molecule has 0 saturated carbocycles. The monoisotopic (exact) mass is 284 g/mol. The molecule has 1 rings (SSSR count). The highest BCUT2D eigenvalue weighted by Gasteiger charge is 2.11. The van der Waals surface area contributed by atoms with E-state index in [9.17, 15) is 10.1 Å². The van der Waals surface area contributed by atoms with Crippen molar-refractivity contribution in [2.45, 2.75) is 13.0 Å². The molecule has 0 aliphatic heterocycles. The normalized spacial score (nSPS) is 10.5. The number of non-ortho nitro benzene ring substituents is 1. The Morgan fingerprint density at radius 1 is 1.40 bits per heavy atom. The summed E-state index contributed by atoms with van der Waals surface area (Å²) in [4.78, 5) is 10.4.